The van der Waals surface area contributed by atoms with Crippen molar-refractivity contribution in [3.63, 3.8) is 0 Å². The molecule has 0 spiro atoms. The minimum Gasteiger partial charge on any atom is -0.168 e. The summed E-state index contributed by atoms with van der Waals surface area (Å²) in [6.07, 6.45) is 0. The first-order valence-corrected chi connectivity index (χ1v) is 2.00. The Bertz CT molecular complexity index is 63.7. The first-order chi connectivity index (χ1) is 2.83. The molecular formula is CaO4S2+2. The monoisotopic (exact) mass is 168 g/mol. The zero-order chi connectivity index (χ0) is 5.41. The minimum atomic E-state index is -0.750. The second-order valence-corrected chi connectivity index (χ2v) is 0.408. The second kappa shape index (κ2) is 28.6. The van der Waals surface area contributed by atoms with Gasteiger partial charge in [-0.15, -0.1) is 0 Å². The van der Waals surface area contributed by atoms with Crippen LogP contribution in [0.3, 0.4) is 0 Å². The molecule has 0 aliphatic heterocycles. The number of hydrogen-bond acceptors (Lipinski definition) is 4. The summed E-state index contributed by atoms with van der Waals surface area (Å²) >= 11 is -1.50. The van der Waals surface area contributed by atoms with Crippen LogP contribution < -0.4 is 0 Å². The quantitative estimate of drug-likeness (QED) is 0.403. The average molecular weight is 168 g/mol. The summed E-state index contributed by atoms with van der Waals surface area (Å²) < 4.78 is 33.2. The van der Waals surface area contributed by atoms with Gasteiger partial charge in [-0.2, -0.15) is 16.8 Å². The van der Waals surface area contributed by atoms with E-state index in [4.69, 9.17) is 16.8 Å². The van der Waals surface area contributed by atoms with E-state index in [1.54, 1.807) is 0 Å². The topological polar surface area (TPSA) is 68.3 Å². The van der Waals surface area contributed by atoms with Gasteiger partial charge in [-0.1, -0.05) is 0 Å². The van der Waals surface area contributed by atoms with E-state index in [0.717, 1.165) is 0 Å². The molecular weight excluding hydrogens is 168 g/mol. The molecule has 0 aromatic rings. The van der Waals surface area contributed by atoms with Crippen LogP contribution in [0.2, 0.25) is 0 Å². The van der Waals surface area contributed by atoms with E-state index in [2.05, 4.69) is 0 Å². The SMILES string of the molecule is O=S=O.O=S=O.[Ca+2]. The summed E-state index contributed by atoms with van der Waals surface area (Å²) in [6, 6.07) is 0. The molecule has 0 radical (unpaired) electrons. The smallest absolute Gasteiger partial charge is 0.168 e. The summed E-state index contributed by atoms with van der Waals surface area (Å²) in [5, 5.41) is 0. The Labute approximate surface area is 76.9 Å². The van der Waals surface area contributed by atoms with E-state index in [1.807, 2.05) is 0 Å². The largest absolute Gasteiger partial charge is 2.00 e. The fourth-order valence-electron chi connectivity index (χ4n) is 0. The van der Waals surface area contributed by atoms with Gasteiger partial charge < -0.3 is 0 Å². The molecule has 0 amide bonds. The van der Waals surface area contributed by atoms with Gasteiger partial charge in [-0.3, -0.25) is 0 Å². The van der Waals surface area contributed by atoms with Crippen LogP contribution in [0.5, 0.6) is 0 Å². The molecule has 0 aromatic heterocycles. The summed E-state index contributed by atoms with van der Waals surface area (Å²) in [7, 11) is 0. The fourth-order valence-corrected chi connectivity index (χ4v) is 0. The van der Waals surface area contributed by atoms with Crippen LogP contribution in [0.4, 0.5) is 0 Å². The van der Waals surface area contributed by atoms with E-state index < -0.39 is 23.1 Å². The van der Waals surface area contributed by atoms with Crippen LogP contribution in [-0.4, -0.2) is 54.6 Å². The van der Waals surface area contributed by atoms with Gasteiger partial charge in [0.05, 0.1) is 0 Å². The maximum atomic E-state index is 8.29. The predicted molar refractivity (Wildman–Crippen MR) is 23.6 cm³/mol. The molecule has 0 saturated heterocycles. The Balaban J connectivity index is -0.0000000400. The third-order valence-electron chi connectivity index (χ3n) is 0. The van der Waals surface area contributed by atoms with Gasteiger partial charge in [0, 0.05) is 0 Å². The molecule has 0 rings (SSSR count). The Morgan fingerprint density at radius 1 is 0.714 bits per heavy atom. The molecule has 0 N–H and O–H groups in total. The van der Waals surface area contributed by atoms with Crippen molar-refractivity contribution in [1.82, 2.24) is 0 Å². The van der Waals surface area contributed by atoms with Gasteiger partial charge >= 0.3 is 60.9 Å². The molecule has 4 nitrogen and oxygen atoms in total. The molecule has 0 aliphatic carbocycles. The molecule has 0 bridgehead atoms. The molecule has 0 atom stereocenters. The van der Waals surface area contributed by atoms with Crippen LogP contribution in [0.25, 0.3) is 0 Å². The first kappa shape index (κ1) is 15.7. The normalized spacial score (nSPS) is 3.43. The third-order valence-corrected chi connectivity index (χ3v) is 0. The Morgan fingerprint density at radius 2 is 0.714 bits per heavy atom. The summed E-state index contributed by atoms with van der Waals surface area (Å²) in [6.45, 7) is 0. The Morgan fingerprint density at radius 3 is 0.714 bits per heavy atom. The van der Waals surface area contributed by atoms with Gasteiger partial charge in [0.25, 0.3) is 0 Å². The summed E-state index contributed by atoms with van der Waals surface area (Å²) in [5.74, 6) is 0. The first-order valence-electron chi connectivity index (χ1n) is 0.667. The van der Waals surface area contributed by atoms with E-state index >= 15 is 0 Å². The third kappa shape index (κ3) is 205. The van der Waals surface area contributed by atoms with Crippen molar-refractivity contribution in [2.45, 2.75) is 0 Å². The van der Waals surface area contributed by atoms with Crippen LogP contribution >= 0.6 is 0 Å². The molecule has 0 aliphatic rings. The van der Waals surface area contributed by atoms with Crippen molar-refractivity contribution in [2.24, 2.45) is 0 Å². The van der Waals surface area contributed by atoms with Gasteiger partial charge in [0.15, 0.2) is 0 Å². The van der Waals surface area contributed by atoms with Crippen molar-refractivity contribution in [1.29, 1.82) is 0 Å². The van der Waals surface area contributed by atoms with Crippen LogP contribution in [0, 0.1) is 0 Å². The van der Waals surface area contributed by atoms with Crippen molar-refractivity contribution in [3.05, 3.63) is 0 Å². The Kier molecular flexibility index (Phi) is 63.9. The van der Waals surface area contributed by atoms with Crippen molar-refractivity contribution in [3.8, 4) is 0 Å². The molecule has 0 fully saturated rings. The Hall–Kier alpha value is 0.900. The van der Waals surface area contributed by atoms with Crippen molar-refractivity contribution in [2.75, 3.05) is 0 Å². The average Bonchev–Trinajstić information content (AvgIpc) is 1.39. The molecule has 0 heterocycles. The molecule has 7 heavy (non-hydrogen) atoms. The summed E-state index contributed by atoms with van der Waals surface area (Å²) in [4.78, 5) is 0. The van der Waals surface area contributed by atoms with Crippen LogP contribution in [0.15, 0.2) is 0 Å². The van der Waals surface area contributed by atoms with Gasteiger partial charge in [0.1, 0.15) is 0 Å². The van der Waals surface area contributed by atoms with Crippen LogP contribution in [0.1, 0.15) is 0 Å². The maximum absolute atomic E-state index is 8.29. The van der Waals surface area contributed by atoms with E-state index in [-0.39, 0.29) is 37.7 Å². The maximum Gasteiger partial charge on any atom is 2.00 e. The predicted octanol–water partition coefficient (Wildman–Crippen LogP) is -1.72. The van der Waals surface area contributed by atoms with E-state index in [0.29, 0.717) is 0 Å². The number of hydrogen-bond donors (Lipinski definition) is 0. The molecule has 7 heteroatoms. The van der Waals surface area contributed by atoms with E-state index in [1.165, 1.54) is 0 Å². The molecule has 0 unspecified atom stereocenters. The van der Waals surface area contributed by atoms with Crippen LogP contribution in [-0.2, 0) is 23.1 Å². The summed E-state index contributed by atoms with van der Waals surface area (Å²) in [5.41, 5.74) is 0. The second-order valence-electron chi connectivity index (χ2n) is 0.136. The zero-order valence-electron chi connectivity index (χ0n) is 3.16. The van der Waals surface area contributed by atoms with Gasteiger partial charge in [-0.05, 0) is 0 Å². The van der Waals surface area contributed by atoms with Crippen molar-refractivity contribution >= 4 is 60.9 Å². The van der Waals surface area contributed by atoms with Gasteiger partial charge in [-0.25, -0.2) is 0 Å². The fraction of sp³-hybridized carbons (Fsp3) is 0. The molecule has 0 saturated carbocycles. The molecule has 0 aromatic carbocycles. The standard InChI is InChI=1S/Ca.2O2S/c;2*1-3-2/q+2;;. The van der Waals surface area contributed by atoms with Crippen molar-refractivity contribution < 1.29 is 16.8 Å². The van der Waals surface area contributed by atoms with E-state index in [9.17, 15) is 0 Å². The minimum absolute atomic E-state index is 0. The zero-order valence-corrected chi connectivity index (χ0v) is 7.00. The van der Waals surface area contributed by atoms with Gasteiger partial charge in [0.2, 0.25) is 0 Å². The number of rotatable bonds is 0. The molecule has 36 valence electrons.